The van der Waals surface area contributed by atoms with E-state index in [1.54, 1.807) is 18.2 Å². The van der Waals surface area contributed by atoms with Crippen molar-refractivity contribution in [1.29, 1.82) is 0 Å². The molecule has 0 unspecified atom stereocenters. The summed E-state index contributed by atoms with van der Waals surface area (Å²) in [6, 6.07) is 6.14. The van der Waals surface area contributed by atoms with Crippen molar-refractivity contribution in [2.45, 2.75) is 5.03 Å². The summed E-state index contributed by atoms with van der Waals surface area (Å²) < 4.78 is 26.7. The molecular formula is C9H9BrN4O2S. The lowest BCUT2D eigenvalue weighted by atomic mass is 10.3. The normalized spacial score (nSPS) is 11.4. The molecule has 0 aliphatic heterocycles. The van der Waals surface area contributed by atoms with E-state index in [0.717, 1.165) is 0 Å². The van der Waals surface area contributed by atoms with Crippen molar-refractivity contribution in [3.05, 3.63) is 34.9 Å². The first-order valence-corrected chi connectivity index (χ1v) is 6.84. The number of nitrogens with one attached hydrogen (secondary N) is 2. The molecule has 90 valence electrons. The largest absolute Gasteiger partial charge is 0.398 e. The second-order valence-electron chi connectivity index (χ2n) is 3.26. The topological polar surface area (TPSA) is 101 Å². The summed E-state index contributed by atoms with van der Waals surface area (Å²) in [6.07, 6.45) is 1.37. The number of H-pyrrole nitrogens is 1. The average Bonchev–Trinajstić information content (AvgIpc) is 2.77. The van der Waals surface area contributed by atoms with E-state index < -0.39 is 10.0 Å². The fourth-order valence-electron chi connectivity index (χ4n) is 1.19. The number of sulfonamides is 1. The third-order valence-corrected chi connectivity index (χ3v) is 4.01. The van der Waals surface area contributed by atoms with E-state index >= 15 is 0 Å². The SMILES string of the molecule is Nc1ccc(NS(=O)(=O)c2ccn[nH]2)cc1Br. The lowest BCUT2D eigenvalue weighted by molar-refractivity contribution is 0.597. The molecule has 2 rings (SSSR count). The Balaban J connectivity index is 2.30. The molecule has 0 saturated heterocycles. The van der Waals surface area contributed by atoms with Crippen LogP contribution in [-0.2, 0) is 10.0 Å². The van der Waals surface area contributed by atoms with Crippen molar-refractivity contribution in [1.82, 2.24) is 10.2 Å². The number of hydrogen-bond acceptors (Lipinski definition) is 4. The molecule has 0 amide bonds. The summed E-state index contributed by atoms with van der Waals surface area (Å²) in [5.74, 6) is 0. The Morgan fingerprint density at radius 2 is 2.12 bits per heavy atom. The highest BCUT2D eigenvalue weighted by atomic mass is 79.9. The van der Waals surface area contributed by atoms with E-state index in [1.807, 2.05) is 0 Å². The quantitative estimate of drug-likeness (QED) is 0.748. The molecule has 8 heteroatoms. The molecule has 2 aromatic rings. The van der Waals surface area contributed by atoms with Crippen LogP contribution in [0, 0.1) is 0 Å². The summed E-state index contributed by atoms with van der Waals surface area (Å²) in [5.41, 5.74) is 6.56. The van der Waals surface area contributed by atoms with E-state index in [1.165, 1.54) is 12.3 Å². The minimum absolute atomic E-state index is 0.00504. The maximum atomic E-state index is 11.8. The Morgan fingerprint density at radius 1 is 1.35 bits per heavy atom. The first-order valence-electron chi connectivity index (χ1n) is 4.56. The fourth-order valence-corrected chi connectivity index (χ4v) is 2.53. The minimum atomic E-state index is -3.63. The first kappa shape index (κ1) is 11.9. The van der Waals surface area contributed by atoms with Crippen molar-refractivity contribution < 1.29 is 8.42 Å². The third kappa shape index (κ3) is 2.59. The molecular weight excluding hydrogens is 308 g/mol. The van der Waals surface area contributed by atoms with Gasteiger partial charge in [-0.15, -0.1) is 0 Å². The number of aromatic amines is 1. The van der Waals surface area contributed by atoms with E-state index in [2.05, 4.69) is 30.8 Å². The predicted octanol–water partition coefficient (Wildman–Crippen LogP) is 1.56. The maximum absolute atomic E-state index is 11.8. The van der Waals surface area contributed by atoms with Gasteiger partial charge in [0.2, 0.25) is 0 Å². The molecule has 4 N–H and O–H groups in total. The third-order valence-electron chi connectivity index (χ3n) is 2.02. The minimum Gasteiger partial charge on any atom is -0.398 e. The molecule has 0 aliphatic carbocycles. The lowest BCUT2D eigenvalue weighted by Gasteiger charge is -2.07. The number of aromatic nitrogens is 2. The number of benzene rings is 1. The van der Waals surface area contributed by atoms with Crippen molar-refractivity contribution >= 4 is 37.3 Å². The van der Waals surface area contributed by atoms with Gasteiger partial charge in [0.25, 0.3) is 10.0 Å². The van der Waals surface area contributed by atoms with E-state index in [9.17, 15) is 8.42 Å². The van der Waals surface area contributed by atoms with Gasteiger partial charge in [-0.3, -0.25) is 9.82 Å². The van der Waals surface area contributed by atoms with Gasteiger partial charge in [-0.2, -0.15) is 13.5 Å². The van der Waals surface area contributed by atoms with Crippen LogP contribution >= 0.6 is 15.9 Å². The second kappa shape index (κ2) is 4.38. The van der Waals surface area contributed by atoms with Crippen LogP contribution in [0.4, 0.5) is 11.4 Å². The molecule has 6 nitrogen and oxygen atoms in total. The van der Waals surface area contributed by atoms with Crippen LogP contribution in [0.2, 0.25) is 0 Å². The van der Waals surface area contributed by atoms with Crippen LogP contribution in [0.1, 0.15) is 0 Å². The maximum Gasteiger partial charge on any atom is 0.278 e. The highest BCUT2D eigenvalue weighted by molar-refractivity contribution is 9.10. The Hall–Kier alpha value is -1.54. The molecule has 17 heavy (non-hydrogen) atoms. The van der Waals surface area contributed by atoms with E-state index in [0.29, 0.717) is 15.8 Å². The van der Waals surface area contributed by atoms with Gasteiger partial charge in [0, 0.05) is 10.2 Å². The number of hydrogen-bond donors (Lipinski definition) is 3. The Labute approximate surface area is 106 Å². The van der Waals surface area contributed by atoms with Gasteiger partial charge < -0.3 is 5.73 Å². The highest BCUT2D eigenvalue weighted by Gasteiger charge is 2.15. The number of rotatable bonds is 3. The van der Waals surface area contributed by atoms with Crippen LogP contribution < -0.4 is 10.5 Å². The first-order chi connectivity index (χ1) is 7.99. The highest BCUT2D eigenvalue weighted by Crippen LogP contribution is 2.24. The molecule has 0 saturated carbocycles. The number of nitrogens with two attached hydrogens (primary N) is 1. The monoisotopic (exact) mass is 316 g/mol. The molecule has 0 spiro atoms. The summed E-state index contributed by atoms with van der Waals surface area (Å²) in [7, 11) is -3.63. The molecule has 1 aromatic carbocycles. The molecule has 0 fully saturated rings. The lowest BCUT2D eigenvalue weighted by Crippen LogP contribution is -2.13. The number of halogens is 1. The van der Waals surface area contributed by atoms with Crippen LogP contribution in [0.5, 0.6) is 0 Å². The summed E-state index contributed by atoms with van der Waals surface area (Å²) >= 11 is 3.22. The second-order valence-corrected chi connectivity index (χ2v) is 5.77. The molecule has 0 radical (unpaired) electrons. The van der Waals surface area contributed by atoms with Gasteiger partial charge in [-0.25, -0.2) is 0 Å². The van der Waals surface area contributed by atoms with Crippen LogP contribution in [0.15, 0.2) is 40.0 Å². The molecule has 0 atom stereocenters. The summed E-state index contributed by atoms with van der Waals surface area (Å²) in [6.45, 7) is 0. The number of nitrogen functional groups attached to an aromatic ring is 1. The Bertz CT molecular complexity index is 624. The zero-order valence-electron chi connectivity index (χ0n) is 8.51. The van der Waals surface area contributed by atoms with E-state index in [4.69, 9.17) is 5.73 Å². The molecule has 0 aliphatic rings. The van der Waals surface area contributed by atoms with Crippen LogP contribution in [0.3, 0.4) is 0 Å². The van der Waals surface area contributed by atoms with Gasteiger partial charge in [-0.1, -0.05) is 0 Å². The number of anilines is 2. The van der Waals surface area contributed by atoms with E-state index in [-0.39, 0.29) is 5.03 Å². The van der Waals surface area contributed by atoms with Crippen LogP contribution in [0.25, 0.3) is 0 Å². The molecule has 1 heterocycles. The van der Waals surface area contributed by atoms with Crippen molar-refractivity contribution in [2.75, 3.05) is 10.5 Å². The van der Waals surface area contributed by atoms with Gasteiger partial charge in [0.15, 0.2) is 5.03 Å². The number of nitrogens with zero attached hydrogens (tertiary/aromatic N) is 1. The summed E-state index contributed by atoms with van der Waals surface area (Å²) in [5, 5.41) is 5.98. The molecule has 1 aromatic heterocycles. The standard InChI is InChI=1S/C9H9BrN4O2S/c10-7-5-6(1-2-8(7)11)14-17(15,16)9-3-4-12-13-9/h1-5,14H,11H2,(H,12,13). The van der Waals surface area contributed by atoms with Crippen molar-refractivity contribution in [2.24, 2.45) is 0 Å². The Kier molecular flexibility index (Phi) is 3.07. The van der Waals surface area contributed by atoms with Gasteiger partial charge in [0.1, 0.15) is 0 Å². The average molecular weight is 317 g/mol. The van der Waals surface area contributed by atoms with Gasteiger partial charge in [0.05, 0.1) is 11.9 Å². The van der Waals surface area contributed by atoms with Gasteiger partial charge in [-0.05, 0) is 40.2 Å². The van der Waals surface area contributed by atoms with Crippen LogP contribution in [-0.4, -0.2) is 18.6 Å². The summed E-state index contributed by atoms with van der Waals surface area (Å²) in [4.78, 5) is 0. The zero-order chi connectivity index (χ0) is 12.5. The van der Waals surface area contributed by atoms with Crippen molar-refractivity contribution in [3.8, 4) is 0 Å². The smallest absolute Gasteiger partial charge is 0.278 e. The predicted molar refractivity (Wildman–Crippen MR) is 68.0 cm³/mol. The van der Waals surface area contributed by atoms with Gasteiger partial charge >= 0.3 is 0 Å². The van der Waals surface area contributed by atoms with Crippen molar-refractivity contribution in [3.63, 3.8) is 0 Å². The Morgan fingerprint density at radius 3 is 2.71 bits per heavy atom. The fraction of sp³-hybridized carbons (Fsp3) is 0. The molecule has 0 bridgehead atoms. The zero-order valence-corrected chi connectivity index (χ0v) is 10.9.